The summed E-state index contributed by atoms with van der Waals surface area (Å²) in [6.45, 7) is 0. The Morgan fingerprint density at radius 3 is 2.84 bits per heavy atom. The maximum atomic E-state index is 6.32. The fraction of sp³-hybridized carbons (Fsp3) is 0.150. The summed E-state index contributed by atoms with van der Waals surface area (Å²) in [6.07, 6.45) is 0.619. The van der Waals surface area contributed by atoms with Gasteiger partial charge in [-0.15, -0.1) is 11.3 Å². The van der Waals surface area contributed by atoms with Gasteiger partial charge in [0.15, 0.2) is 0 Å². The van der Waals surface area contributed by atoms with E-state index in [9.17, 15) is 0 Å². The van der Waals surface area contributed by atoms with Crippen molar-refractivity contribution in [2.45, 2.75) is 18.7 Å². The van der Waals surface area contributed by atoms with Gasteiger partial charge in [0.05, 0.1) is 16.6 Å². The van der Waals surface area contributed by atoms with Crippen molar-refractivity contribution in [3.63, 3.8) is 0 Å². The van der Waals surface area contributed by atoms with E-state index >= 15 is 0 Å². The zero-order valence-electron chi connectivity index (χ0n) is 13.3. The van der Waals surface area contributed by atoms with Crippen LogP contribution in [-0.4, -0.2) is 10.7 Å². The quantitative estimate of drug-likeness (QED) is 0.586. The molecular weight excluding hydrogens is 352 g/mol. The van der Waals surface area contributed by atoms with E-state index in [-0.39, 0.29) is 12.3 Å². The standard InChI is InChI=1S/C20H15ClN2OS/c21-14-6-3-5-13(11-14)20-23-17(15-7-1-2-8-18(15)24-20)12-16(22-23)19-9-4-10-25-19/h1-11,17,20H,12H2/t17-,20+/m1/s1. The average molecular weight is 367 g/mol. The smallest absolute Gasteiger partial charge is 0.213 e. The molecule has 5 heteroatoms. The van der Waals surface area contributed by atoms with E-state index in [0.717, 1.165) is 23.4 Å². The van der Waals surface area contributed by atoms with Crippen molar-refractivity contribution >= 4 is 28.6 Å². The molecule has 124 valence electrons. The lowest BCUT2D eigenvalue weighted by atomic mass is 9.98. The van der Waals surface area contributed by atoms with E-state index in [4.69, 9.17) is 21.4 Å². The van der Waals surface area contributed by atoms with E-state index in [0.29, 0.717) is 5.02 Å². The minimum Gasteiger partial charge on any atom is -0.464 e. The number of hydrogen-bond donors (Lipinski definition) is 0. The summed E-state index contributed by atoms with van der Waals surface area (Å²) in [5.74, 6) is 0.927. The van der Waals surface area contributed by atoms with Gasteiger partial charge >= 0.3 is 0 Å². The van der Waals surface area contributed by atoms with Crippen molar-refractivity contribution in [2.24, 2.45) is 5.10 Å². The third kappa shape index (κ3) is 2.53. The van der Waals surface area contributed by atoms with Crippen LogP contribution in [0.15, 0.2) is 71.1 Å². The van der Waals surface area contributed by atoms with E-state index in [1.807, 2.05) is 36.4 Å². The maximum Gasteiger partial charge on any atom is 0.213 e. The molecule has 0 fully saturated rings. The average Bonchev–Trinajstić information content (AvgIpc) is 3.30. The topological polar surface area (TPSA) is 24.8 Å². The molecule has 2 atom stereocenters. The van der Waals surface area contributed by atoms with Crippen LogP contribution in [0.3, 0.4) is 0 Å². The molecular formula is C20H15ClN2OS. The number of para-hydroxylation sites is 1. The van der Waals surface area contributed by atoms with Crippen LogP contribution in [0, 0.1) is 0 Å². The summed E-state index contributed by atoms with van der Waals surface area (Å²) in [6, 6.07) is 20.5. The lowest BCUT2D eigenvalue weighted by molar-refractivity contribution is -0.0190. The van der Waals surface area contributed by atoms with Crippen molar-refractivity contribution in [1.29, 1.82) is 0 Å². The van der Waals surface area contributed by atoms with Gasteiger partial charge in [-0.3, -0.25) is 0 Å². The third-order valence-corrected chi connectivity index (χ3v) is 5.79. The second-order valence-electron chi connectivity index (χ2n) is 6.19. The second-order valence-corrected chi connectivity index (χ2v) is 7.57. The molecule has 3 heterocycles. The minimum atomic E-state index is -0.268. The van der Waals surface area contributed by atoms with Crippen LogP contribution < -0.4 is 4.74 Å². The number of ether oxygens (including phenoxy) is 1. The van der Waals surface area contributed by atoms with Crippen LogP contribution >= 0.6 is 22.9 Å². The van der Waals surface area contributed by atoms with E-state index < -0.39 is 0 Å². The van der Waals surface area contributed by atoms with Crippen LogP contribution in [0.25, 0.3) is 0 Å². The lowest BCUT2D eigenvalue weighted by Crippen LogP contribution is -2.33. The number of benzene rings is 2. The first-order chi connectivity index (χ1) is 12.3. The third-order valence-electron chi connectivity index (χ3n) is 4.64. The molecule has 5 rings (SSSR count). The molecule has 0 spiro atoms. The largest absolute Gasteiger partial charge is 0.464 e. The Hall–Kier alpha value is -2.30. The molecule has 0 amide bonds. The number of hydrazone groups is 1. The Labute approximate surface area is 155 Å². The number of rotatable bonds is 2. The first kappa shape index (κ1) is 15.0. The summed E-state index contributed by atoms with van der Waals surface area (Å²) >= 11 is 7.94. The van der Waals surface area contributed by atoms with Gasteiger partial charge in [0.1, 0.15) is 5.75 Å². The van der Waals surface area contributed by atoms with Crippen LogP contribution in [0.5, 0.6) is 5.75 Å². The summed E-state index contributed by atoms with van der Waals surface area (Å²) in [5.41, 5.74) is 3.33. The number of thiophene rings is 1. The van der Waals surface area contributed by atoms with E-state index in [2.05, 4.69) is 34.7 Å². The summed E-state index contributed by atoms with van der Waals surface area (Å²) < 4.78 is 6.32. The Balaban J connectivity index is 1.62. The molecule has 25 heavy (non-hydrogen) atoms. The Morgan fingerprint density at radius 1 is 1.08 bits per heavy atom. The number of fused-ring (bicyclic) bond motifs is 3. The fourth-order valence-electron chi connectivity index (χ4n) is 3.51. The second kappa shape index (κ2) is 5.90. The fourth-order valence-corrected chi connectivity index (χ4v) is 4.43. The maximum absolute atomic E-state index is 6.32. The molecule has 0 N–H and O–H groups in total. The lowest BCUT2D eigenvalue weighted by Gasteiger charge is -2.38. The zero-order valence-corrected chi connectivity index (χ0v) is 14.9. The molecule has 3 aromatic rings. The van der Waals surface area contributed by atoms with Gasteiger partial charge in [-0.05, 0) is 29.6 Å². The highest BCUT2D eigenvalue weighted by atomic mass is 35.5. The van der Waals surface area contributed by atoms with Gasteiger partial charge in [0.2, 0.25) is 6.23 Å². The highest BCUT2D eigenvalue weighted by Crippen LogP contribution is 2.47. The van der Waals surface area contributed by atoms with Crippen LogP contribution in [0.1, 0.15) is 34.7 Å². The van der Waals surface area contributed by atoms with E-state index in [1.165, 1.54) is 10.4 Å². The van der Waals surface area contributed by atoms with Gasteiger partial charge in [-0.25, -0.2) is 5.01 Å². The summed E-state index contributed by atoms with van der Waals surface area (Å²) in [5, 5.41) is 9.82. The molecule has 2 aliphatic rings. The van der Waals surface area contributed by atoms with E-state index in [1.54, 1.807) is 11.3 Å². The molecule has 3 nitrogen and oxygen atoms in total. The number of nitrogens with zero attached hydrogens (tertiary/aromatic N) is 2. The Kier molecular flexibility index (Phi) is 3.54. The summed E-state index contributed by atoms with van der Waals surface area (Å²) in [7, 11) is 0. The van der Waals surface area contributed by atoms with Crippen molar-refractivity contribution in [3.8, 4) is 5.75 Å². The highest BCUT2D eigenvalue weighted by Gasteiger charge is 2.40. The molecule has 0 bridgehead atoms. The molecule has 0 unspecified atom stereocenters. The molecule has 1 aromatic heterocycles. The highest BCUT2D eigenvalue weighted by molar-refractivity contribution is 7.12. The first-order valence-corrected chi connectivity index (χ1v) is 9.46. The zero-order chi connectivity index (χ0) is 16.8. The number of hydrogen-bond acceptors (Lipinski definition) is 4. The van der Waals surface area contributed by atoms with Crippen LogP contribution in [-0.2, 0) is 0 Å². The van der Waals surface area contributed by atoms with Gasteiger partial charge in [-0.2, -0.15) is 5.10 Å². The normalized spacial score (nSPS) is 21.3. The molecule has 0 aliphatic carbocycles. The van der Waals surface area contributed by atoms with Crippen LogP contribution in [0.2, 0.25) is 5.02 Å². The van der Waals surface area contributed by atoms with Crippen LogP contribution in [0.4, 0.5) is 0 Å². The van der Waals surface area contributed by atoms with Gasteiger partial charge in [-0.1, -0.05) is 48.0 Å². The predicted molar refractivity (Wildman–Crippen MR) is 101 cm³/mol. The SMILES string of the molecule is Clc1cccc([C@@H]2Oc3ccccc3[C@H]3CC(c4cccs4)=NN32)c1. The molecule has 0 radical (unpaired) electrons. The van der Waals surface area contributed by atoms with Crippen molar-refractivity contribution in [1.82, 2.24) is 5.01 Å². The number of halogens is 1. The van der Waals surface area contributed by atoms with Gasteiger partial charge in [0.25, 0.3) is 0 Å². The predicted octanol–water partition coefficient (Wildman–Crippen LogP) is 5.64. The molecule has 0 saturated heterocycles. The Bertz CT molecular complexity index is 954. The van der Waals surface area contributed by atoms with Gasteiger partial charge < -0.3 is 4.74 Å². The Morgan fingerprint density at radius 2 is 2.00 bits per heavy atom. The monoisotopic (exact) mass is 366 g/mol. The first-order valence-electron chi connectivity index (χ1n) is 8.20. The van der Waals surface area contributed by atoms with Crippen molar-refractivity contribution in [3.05, 3.63) is 87.1 Å². The molecule has 2 aliphatic heterocycles. The van der Waals surface area contributed by atoms with Crippen molar-refractivity contribution < 1.29 is 4.74 Å². The molecule has 2 aromatic carbocycles. The minimum absolute atomic E-state index is 0.186. The van der Waals surface area contributed by atoms with Gasteiger partial charge in [0, 0.05) is 22.6 Å². The van der Waals surface area contributed by atoms with Crippen molar-refractivity contribution in [2.75, 3.05) is 0 Å². The molecule has 0 saturated carbocycles. The summed E-state index contributed by atoms with van der Waals surface area (Å²) in [4.78, 5) is 1.22.